The van der Waals surface area contributed by atoms with Gasteiger partial charge in [-0.25, -0.2) is 0 Å². The Labute approximate surface area is 91.6 Å². The smallest absolute Gasteiger partial charge is 0.169 e. The molecule has 2 rings (SSSR count). The van der Waals surface area contributed by atoms with Gasteiger partial charge in [0.05, 0.1) is 6.61 Å². The van der Waals surface area contributed by atoms with Gasteiger partial charge in [0.25, 0.3) is 0 Å². The standard InChI is InChI=1S/C10H14BrFO2/c11-9(12)6-8-7-13-10(14-8)4-2-1-3-5-10/h6,8H,1-5,7H2/b9-6-/t8-/m0/s1. The third-order valence-corrected chi connectivity index (χ3v) is 3.07. The molecule has 1 aliphatic heterocycles. The van der Waals surface area contributed by atoms with E-state index < -0.39 is 5.79 Å². The van der Waals surface area contributed by atoms with Crippen LogP contribution < -0.4 is 0 Å². The van der Waals surface area contributed by atoms with E-state index in [-0.39, 0.29) is 10.8 Å². The minimum absolute atomic E-state index is 0.229. The van der Waals surface area contributed by atoms with E-state index in [0.29, 0.717) is 6.61 Å². The highest BCUT2D eigenvalue weighted by molar-refractivity contribution is 9.11. The lowest BCUT2D eigenvalue weighted by Gasteiger charge is -2.31. The van der Waals surface area contributed by atoms with Gasteiger partial charge >= 0.3 is 0 Å². The van der Waals surface area contributed by atoms with Gasteiger partial charge in [0, 0.05) is 12.8 Å². The van der Waals surface area contributed by atoms with Crippen LogP contribution in [-0.4, -0.2) is 18.5 Å². The van der Waals surface area contributed by atoms with Gasteiger partial charge in [-0.05, 0) is 34.8 Å². The van der Waals surface area contributed by atoms with Crippen molar-refractivity contribution in [3.63, 3.8) is 0 Å². The van der Waals surface area contributed by atoms with E-state index in [1.54, 1.807) is 0 Å². The fourth-order valence-corrected chi connectivity index (χ4v) is 2.45. The van der Waals surface area contributed by atoms with Gasteiger partial charge < -0.3 is 9.47 Å². The normalized spacial score (nSPS) is 32.4. The maximum absolute atomic E-state index is 12.6. The summed E-state index contributed by atoms with van der Waals surface area (Å²) in [6.07, 6.45) is 6.63. The van der Waals surface area contributed by atoms with E-state index in [2.05, 4.69) is 15.9 Å². The average Bonchev–Trinajstić information content (AvgIpc) is 2.49. The highest BCUT2D eigenvalue weighted by Crippen LogP contribution is 2.38. The molecule has 1 heterocycles. The Morgan fingerprint density at radius 1 is 1.36 bits per heavy atom. The molecule has 1 atom stereocenters. The molecule has 2 fully saturated rings. The van der Waals surface area contributed by atoms with Gasteiger partial charge in [0.15, 0.2) is 10.5 Å². The van der Waals surface area contributed by atoms with Crippen molar-refractivity contribution in [2.75, 3.05) is 6.61 Å². The van der Waals surface area contributed by atoms with Gasteiger partial charge in [-0.2, -0.15) is 4.39 Å². The van der Waals surface area contributed by atoms with Crippen LogP contribution in [0.4, 0.5) is 4.39 Å². The van der Waals surface area contributed by atoms with Gasteiger partial charge in [0.1, 0.15) is 6.10 Å². The Morgan fingerprint density at radius 2 is 2.07 bits per heavy atom. The van der Waals surface area contributed by atoms with Crippen molar-refractivity contribution in [1.82, 2.24) is 0 Å². The van der Waals surface area contributed by atoms with E-state index in [9.17, 15) is 4.39 Å². The van der Waals surface area contributed by atoms with E-state index in [1.165, 1.54) is 12.5 Å². The van der Waals surface area contributed by atoms with Crippen LogP contribution in [0.1, 0.15) is 32.1 Å². The van der Waals surface area contributed by atoms with E-state index in [0.717, 1.165) is 25.7 Å². The molecule has 0 N–H and O–H groups in total. The zero-order valence-corrected chi connectivity index (χ0v) is 9.56. The third-order valence-electron chi connectivity index (χ3n) is 2.80. The first-order valence-corrected chi connectivity index (χ1v) is 5.84. The fraction of sp³-hybridized carbons (Fsp3) is 0.800. The zero-order chi connectivity index (χ0) is 10.0. The van der Waals surface area contributed by atoms with Gasteiger partial charge in [-0.1, -0.05) is 6.42 Å². The van der Waals surface area contributed by atoms with Gasteiger partial charge in [0.2, 0.25) is 0 Å². The number of rotatable bonds is 1. The second-order valence-electron chi connectivity index (χ2n) is 3.89. The highest BCUT2D eigenvalue weighted by atomic mass is 79.9. The minimum atomic E-state index is -0.401. The molecule has 0 amide bonds. The van der Waals surface area contributed by atoms with Crippen LogP contribution in [0.5, 0.6) is 0 Å². The number of halogens is 2. The molecule has 2 aliphatic rings. The minimum Gasteiger partial charge on any atom is -0.347 e. The molecule has 0 radical (unpaired) electrons. The van der Waals surface area contributed by atoms with Gasteiger partial charge in [-0.15, -0.1) is 0 Å². The van der Waals surface area contributed by atoms with E-state index in [1.807, 2.05) is 0 Å². The third kappa shape index (κ3) is 2.35. The molecule has 1 aliphatic carbocycles. The predicted molar refractivity (Wildman–Crippen MR) is 54.8 cm³/mol. The second kappa shape index (κ2) is 4.29. The first-order valence-electron chi connectivity index (χ1n) is 5.05. The van der Waals surface area contributed by atoms with Crippen molar-refractivity contribution in [2.24, 2.45) is 0 Å². The molecule has 1 saturated carbocycles. The summed E-state index contributed by atoms with van der Waals surface area (Å²) in [4.78, 5) is 0. The summed E-state index contributed by atoms with van der Waals surface area (Å²) >= 11 is 2.76. The molecule has 2 nitrogen and oxygen atoms in total. The molecule has 0 aromatic rings. The Bertz CT molecular complexity index is 232. The van der Waals surface area contributed by atoms with Crippen molar-refractivity contribution in [1.29, 1.82) is 0 Å². The molecule has 4 heteroatoms. The first kappa shape index (κ1) is 10.6. The molecule has 0 unspecified atom stereocenters. The summed E-state index contributed by atoms with van der Waals surface area (Å²) in [5.41, 5.74) is 0. The largest absolute Gasteiger partial charge is 0.347 e. The van der Waals surface area contributed by atoms with Gasteiger partial charge in [-0.3, -0.25) is 0 Å². The molecule has 1 spiro atoms. The number of ether oxygens (including phenoxy) is 2. The second-order valence-corrected chi connectivity index (χ2v) is 4.65. The van der Waals surface area contributed by atoms with Crippen LogP contribution in [0.2, 0.25) is 0 Å². The van der Waals surface area contributed by atoms with E-state index >= 15 is 0 Å². The zero-order valence-electron chi connectivity index (χ0n) is 7.97. The monoisotopic (exact) mass is 264 g/mol. The van der Waals surface area contributed by atoms with Crippen molar-refractivity contribution in [2.45, 2.75) is 44.0 Å². The fourth-order valence-electron chi connectivity index (χ4n) is 2.15. The molecule has 1 saturated heterocycles. The molecule has 0 bridgehead atoms. The Balaban J connectivity index is 1.95. The highest BCUT2D eigenvalue weighted by Gasteiger charge is 2.41. The summed E-state index contributed by atoms with van der Waals surface area (Å²) in [6, 6.07) is 0. The predicted octanol–water partition coefficient (Wildman–Crippen LogP) is 3.27. The quantitative estimate of drug-likeness (QED) is 0.724. The van der Waals surface area contributed by atoms with Crippen LogP contribution in [0.25, 0.3) is 0 Å². The average molecular weight is 265 g/mol. The maximum atomic E-state index is 12.6. The summed E-state index contributed by atoms with van der Waals surface area (Å²) in [7, 11) is 0. The molecular weight excluding hydrogens is 251 g/mol. The van der Waals surface area contributed by atoms with Crippen molar-refractivity contribution >= 4 is 15.9 Å². The SMILES string of the molecule is F/C(Br)=C\[C@H]1COC2(CCCCC2)O1. The lowest BCUT2D eigenvalue weighted by molar-refractivity contribution is -0.183. The van der Waals surface area contributed by atoms with Crippen molar-refractivity contribution < 1.29 is 13.9 Å². The van der Waals surface area contributed by atoms with Crippen LogP contribution in [0.15, 0.2) is 10.8 Å². The maximum Gasteiger partial charge on any atom is 0.169 e. The molecular formula is C10H14BrFO2. The Hall–Kier alpha value is 0.0700. The molecule has 80 valence electrons. The van der Waals surface area contributed by atoms with Crippen LogP contribution >= 0.6 is 15.9 Å². The molecule has 0 aromatic carbocycles. The van der Waals surface area contributed by atoms with Crippen LogP contribution in [0.3, 0.4) is 0 Å². The van der Waals surface area contributed by atoms with Crippen molar-refractivity contribution in [3.8, 4) is 0 Å². The van der Waals surface area contributed by atoms with Crippen LogP contribution in [0, 0.1) is 0 Å². The topological polar surface area (TPSA) is 18.5 Å². The molecule has 14 heavy (non-hydrogen) atoms. The Kier molecular flexibility index (Phi) is 3.24. The summed E-state index contributed by atoms with van der Waals surface area (Å²) in [6.45, 7) is 0.471. The van der Waals surface area contributed by atoms with Crippen molar-refractivity contribution in [3.05, 3.63) is 10.8 Å². The van der Waals surface area contributed by atoms with Crippen LogP contribution in [-0.2, 0) is 9.47 Å². The summed E-state index contributed by atoms with van der Waals surface area (Å²) < 4.78 is 23.5. The molecule has 0 aromatic heterocycles. The Morgan fingerprint density at radius 3 is 2.71 bits per heavy atom. The lowest BCUT2D eigenvalue weighted by Crippen LogP contribution is -2.33. The number of hydrogen-bond acceptors (Lipinski definition) is 2. The number of hydrogen-bond donors (Lipinski definition) is 0. The lowest BCUT2D eigenvalue weighted by atomic mass is 9.94. The van der Waals surface area contributed by atoms with E-state index in [4.69, 9.17) is 9.47 Å². The first-order chi connectivity index (χ1) is 6.70. The summed E-state index contributed by atoms with van der Waals surface area (Å²) in [5.74, 6) is -0.401. The summed E-state index contributed by atoms with van der Waals surface area (Å²) in [5, 5.41) is 0.